The predicted octanol–water partition coefficient (Wildman–Crippen LogP) is 3.49. The highest BCUT2D eigenvalue weighted by molar-refractivity contribution is 5.77. The summed E-state index contributed by atoms with van der Waals surface area (Å²) in [5.41, 5.74) is 3.20. The van der Waals surface area contributed by atoms with Crippen LogP contribution in [-0.4, -0.2) is 56.9 Å². The fourth-order valence-electron chi connectivity index (χ4n) is 3.72. The normalized spacial score (nSPS) is 14.5. The summed E-state index contributed by atoms with van der Waals surface area (Å²) < 4.78 is 17.0. The first-order valence-corrected chi connectivity index (χ1v) is 11.0. The van der Waals surface area contributed by atoms with E-state index in [2.05, 4.69) is 17.3 Å². The maximum atomic E-state index is 12.2. The Morgan fingerprint density at radius 1 is 1.13 bits per heavy atom. The van der Waals surface area contributed by atoms with Crippen LogP contribution in [0.15, 0.2) is 42.5 Å². The molecule has 168 valence electrons. The summed E-state index contributed by atoms with van der Waals surface area (Å²) in [5, 5.41) is 2.91. The Labute approximate surface area is 185 Å². The van der Waals surface area contributed by atoms with Crippen LogP contribution in [0.4, 0.5) is 0 Å². The van der Waals surface area contributed by atoms with E-state index in [1.165, 1.54) is 5.56 Å². The maximum absolute atomic E-state index is 12.2. The monoisotopic (exact) mass is 426 g/mol. The molecular formula is C25H34N2O4. The van der Waals surface area contributed by atoms with Gasteiger partial charge in [0.25, 0.3) is 5.91 Å². The predicted molar refractivity (Wildman–Crippen MR) is 122 cm³/mol. The van der Waals surface area contributed by atoms with Crippen LogP contribution in [0.5, 0.6) is 11.5 Å². The number of ether oxygens (including phenoxy) is 3. The SMILES string of the molecule is Cc1ccc(OCC(=O)NCc2cccc(OCCN(C)C3CCOCC3)c2)c(C)c1. The summed E-state index contributed by atoms with van der Waals surface area (Å²) >= 11 is 0. The van der Waals surface area contributed by atoms with E-state index in [9.17, 15) is 4.79 Å². The molecule has 6 nitrogen and oxygen atoms in total. The van der Waals surface area contributed by atoms with E-state index in [4.69, 9.17) is 14.2 Å². The highest BCUT2D eigenvalue weighted by atomic mass is 16.5. The number of rotatable bonds is 10. The number of hydrogen-bond acceptors (Lipinski definition) is 5. The molecule has 0 radical (unpaired) electrons. The molecular weight excluding hydrogens is 392 g/mol. The second kappa shape index (κ2) is 11.7. The molecule has 0 unspecified atom stereocenters. The number of likely N-dealkylation sites (N-methyl/N-ethyl adjacent to an activating group) is 1. The summed E-state index contributed by atoms with van der Waals surface area (Å²) in [6.45, 7) is 7.65. The molecule has 31 heavy (non-hydrogen) atoms. The van der Waals surface area contributed by atoms with E-state index in [0.717, 1.165) is 55.2 Å². The molecule has 2 aromatic rings. The van der Waals surface area contributed by atoms with Crippen molar-refractivity contribution in [1.29, 1.82) is 0 Å². The average molecular weight is 427 g/mol. The maximum Gasteiger partial charge on any atom is 0.258 e. The van der Waals surface area contributed by atoms with Gasteiger partial charge >= 0.3 is 0 Å². The first-order chi connectivity index (χ1) is 15.0. The highest BCUT2D eigenvalue weighted by Crippen LogP contribution is 2.18. The van der Waals surface area contributed by atoms with Gasteiger partial charge in [0.2, 0.25) is 0 Å². The van der Waals surface area contributed by atoms with Crippen molar-refractivity contribution >= 4 is 5.91 Å². The minimum Gasteiger partial charge on any atom is -0.492 e. The van der Waals surface area contributed by atoms with E-state index in [-0.39, 0.29) is 12.5 Å². The highest BCUT2D eigenvalue weighted by Gasteiger charge is 2.18. The van der Waals surface area contributed by atoms with Crippen LogP contribution in [0.3, 0.4) is 0 Å². The lowest BCUT2D eigenvalue weighted by Gasteiger charge is -2.31. The molecule has 1 amide bonds. The molecule has 2 aromatic carbocycles. The second-order valence-electron chi connectivity index (χ2n) is 8.15. The summed E-state index contributed by atoms with van der Waals surface area (Å²) in [4.78, 5) is 14.5. The quantitative estimate of drug-likeness (QED) is 0.630. The molecule has 3 rings (SSSR count). The third kappa shape index (κ3) is 7.56. The van der Waals surface area contributed by atoms with Gasteiger partial charge in [0.15, 0.2) is 6.61 Å². The number of aryl methyl sites for hydroxylation is 2. The Kier molecular flexibility index (Phi) is 8.74. The number of nitrogens with zero attached hydrogens (tertiary/aromatic N) is 1. The van der Waals surface area contributed by atoms with E-state index in [1.54, 1.807) is 0 Å². The lowest BCUT2D eigenvalue weighted by Crippen LogP contribution is -2.38. The van der Waals surface area contributed by atoms with Crippen LogP contribution in [0.25, 0.3) is 0 Å². The molecule has 6 heteroatoms. The summed E-state index contributed by atoms with van der Waals surface area (Å²) in [6.07, 6.45) is 2.16. The van der Waals surface area contributed by atoms with Gasteiger partial charge in [-0.2, -0.15) is 0 Å². The lowest BCUT2D eigenvalue weighted by atomic mass is 10.1. The molecule has 0 bridgehead atoms. The number of hydrogen-bond donors (Lipinski definition) is 1. The zero-order chi connectivity index (χ0) is 22.1. The second-order valence-corrected chi connectivity index (χ2v) is 8.15. The van der Waals surface area contributed by atoms with Gasteiger partial charge in [-0.25, -0.2) is 0 Å². The fourth-order valence-corrected chi connectivity index (χ4v) is 3.72. The minimum atomic E-state index is -0.149. The molecule has 1 aliphatic rings. The van der Waals surface area contributed by atoms with Crippen LogP contribution in [-0.2, 0) is 16.1 Å². The van der Waals surface area contributed by atoms with Crippen molar-refractivity contribution in [1.82, 2.24) is 10.2 Å². The molecule has 1 heterocycles. The van der Waals surface area contributed by atoms with Crippen molar-refractivity contribution in [3.05, 3.63) is 59.2 Å². The molecule has 0 spiro atoms. The smallest absolute Gasteiger partial charge is 0.258 e. The van der Waals surface area contributed by atoms with Gasteiger partial charge in [0.1, 0.15) is 18.1 Å². The number of benzene rings is 2. The standard InChI is InChI=1S/C25H34N2O4/c1-19-7-8-24(20(2)15-19)31-18-25(28)26-17-21-5-4-6-23(16-21)30-14-11-27(3)22-9-12-29-13-10-22/h4-8,15-16,22H,9-14,17-18H2,1-3H3,(H,26,28). The lowest BCUT2D eigenvalue weighted by molar-refractivity contribution is -0.123. The third-order valence-corrected chi connectivity index (χ3v) is 5.60. The van der Waals surface area contributed by atoms with Crippen LogP contribution in [0.1, 0.15) is 29.5 Å². The topological polar surface area (TPSA) is 60.0 Å². The van der Waals surface area contributed by atoms with Crippen molar-refractivity contribution in [2.45, 2.75) is 39.3 Å². The van der Waals surface area contributed by atoms with Gasteiger partial charge < -0.3 is 19.5 Å². The number of carbonyl (C=O) groups excluding carboxylic acids is 1. The molecule has 0 atom stereocenters. The molecule has 0 aromatic heterocycles. The van der Waals surface area contributed by atoms with E-state index >= 15 is 0 Å². The van der Waals surface area contributed by atoms with Crippen molar-refractivity contribution < 1.29 is 19.0 Å². The fraction of sp³-hybridized carbons (Fsp3) is 0.480. The Bertz CT molecular complexity index is 849. The van der Waals surface area contributed by atoms with Crippen LogP contribution in [0.2, 0.25) is 0 Å². The van der Waals surface area contributed by atoms with Gasteiger partial charge in [-0.1, -0.05) is 29.8 Å². The number of carbonyl (C=O) groups is 1. The minimum absolute atomic E-state index is 0.00136. The molecule has 0 aliphatic carbocycles. The molecule has 0 saturated carbocycles. The Morgan fingerprint density at radius 3 is 2.71 bits per heavy atom. The number of amides is 1. The largest absolute Gasteiger partial charge is 0.492 e. The average Bonchev–Trinajstić information content (AvgIpc) is 2.78. The van der Waals surface area contributed by atoms with E-state index in [1.807, 2.05) is 56.3 Å². The van der Waals surface area contributed by atoms with E-state index in [0.29, 0.717) is 19.2 Å². The van der Waals surface area contributed by atoms with Crippen molar-refractivity contribution in [3.8, 4) is 11.5 Å². The summed E-state index contributed by atoms with van der Waals surface area (Å²) in [6, 6.07) is 14.3. The van der Waals surface area contributed by atoms with Gasteiger partial charge in [0.05, 0.1) is 0 Å². The van der Waals surface area contributed by atoms with Gasteiger partial charge in [-0.3, -0.25) is 9.69 Å². The van der Waals surface area contributed by atoms with Crippen LogP contribution in [0, 0.1) is 13.8 Å². The Hall–Kier alpha value is -2.57. The first-order valence-electron chi connectivity index (χ1n) is 11.0. The van der Waals surface area contributed by atoms with Crippen molar-refractivity contribution in [2.75, 3.05) is 40.0 Å². The van der Waals surface area contributed by atoms with Gasteiger partial charge in [-0.05, 0) is 63.1 Å². The van der Waals surface area contributed by atoms with Crippen LogP contribution >= 0.6 is 0 Å². The number of nitrogens with one attached hydrogen (secondary N) is 1. The van der Waals surface area contributed by atoms with E-state index < -0.39 is 0 Å². The Balaban J connectivity index is 1.38. The molecule has 1 N–H and O–H groups in total. The molecule has 1 aliphatic heterocycles. The van der Waals surface area contributed by atoms with Gasteiger partial charge in [-0.15, -0.1) is 0 Å². The molecule has 1 fully saturated rings. The summed E-state index contributed by atoms with van der Waals surface area (Å²) in [5.74, 6) is 1.41. The van der Waals surface area contributed by atoms with Gasteiger partial charge in [0, 0.05) is 32.3 Å². The summed E-state index contributed by atoms with van der Waals surface area (Å²) in [7, 11) is 2.14. The Morgan fingerprint density at radius 2 is 1.94 bits per heavy atom. The first kappa shape index (κ1) is 23.1. The molecule has 1 saturated heterocycles. The zero-order valence-electron chi connectivity index (χ0n) is 18.9. The van der Waals surface area contributed by atoms with Crippen LogP contribution < -0.4 is 14.8 Å². The van der Waals surface area contributed by atoms with Crippen molar-refractivity contribution in [3.63, 3.8) is 0 Å². The third-order valence-electron chi connectivity index (χ3n) is 5.60. The van der Waals surface area contributed by atoms with Crippen molar-refractivity contribution in [2.24, 2.45) is 0 Å². The zero-order valence-corrected chi connectivity index (χ0v) is 18.9.